The molecule has 8 heteroatoms. The van der Waals surface area contributed by atoms with Crippen molar-refractivity contribution in [1.82, 2.24) is 0 Å². The van der Waals surface area contributed by atoms with E-state index in [9.17, 15) is 19.8 Å². The average molecular weight is 470 g/mol. The zero-order valence-corrected chi connectivity index (χ0v) is 18.7. The van der Waals surface area contributed by atoms with Gasteiger partial charge in [0.15, 0.2) is 0 Å². The first-order valence-electron chi connectivity index (χ1n) is 9.98. The molecular formula is C24H20ClNO5S. The third-order valence-corrected chi connectivity index (χ3v) is 6.19. The number of ketones is 1. The number of rotatable bonds is 6. The maximum absolute atomic E-state index is 13.1. The fourth-order valence-corrected chi connectivity index (χ4v) is 4.59. The molecule has 2 N–H and O–H groups in total. The molecule has 1 saturated heterocycles. The van der Waals surface area contributed by atoms with Crippen molar-refractivity contribution in [3.8, 4) is 11.5 Å². The number of hydrogen-bond donors (Lipinski definition) is 2. The Kier molecular flexibility index (Phi) is 6.21. The molecule has 1 aliphatic heterocycles. The summed E-state index contributed by atoms with van der Waals surface area (Å²) in [6.45, 7) is 2.50. The van der Waals surface area contributed by atoms with Gasteiger partial charge in [-0.05, 0) is 48.2 Å². The summed E-state index contributed by atoms with van der Waals surface area (Å²) in [5, 5.41) is 23.7. The molecule has 1 amide bonds. The molecular weight excluding hydrogens is 450 g/mol. The standard InChI is InChI=1S/C24H20ClNO5S/c1-2-10-31-16-6-3-5-14(12-16)22(28)20-21(19-7-4-11-32-19)26(24(30)23(20)29)17-13-15(25)8-9-18(17)27/h3-9,11-13,21,27-28H,2,10H2,1H3/b22-20-. The summed E-state index contributed by atoms with van der Waals surface area (Å²) >= 11 is 7.43. The van der Waals surface area contributed by atoms with Gasteiger partial charge in [0.25, 0.3) is 11.7 Å². The maximum atomic E-state index is 13.1. The lowest BCUT2D eigenvalue weighted by Gasteiger charge is -2.25. The van der Waals surface area contributed by atoms with Gasteiger partial charge in [-0.25, -0.2) is 0 Å². The number of halogens is 1. The first kappa shape index (κ1) is 21.9. The zero-order valence-electron chi connectivity index (χ0n) is 17.1. The second-order valence-corrected chi connectivity index (χ2v) is 8.61. The van der Waals surface area contributed by atoms with E-state index in [1.165, 1.54) is 34.4 Å². The molecule has 1 unspecified atom stereocenters. The first-order chi connectivity index (χ1) is 15.4. The van der Waals surface area contributed by atoms with Crippen molar-refractivity contribution in [3.63, 3.8) is 0 Å². The monoisotopic (exact) mass is 469 g/mol. The second kappa shape index (κ2) is 9.06. The van der Waals surface area contributed by atoms with Gasteiger partial charge >= 0.3 is 0 Å². The second-order valence-electron chi connectivity index (χ2n) is 7.19. The Morgan fingerprint density at radius 2 is 1.97 bits per heavy atom. The Balaban J connectivity index is 1.88. The highest BCUT2D eigenvalue weighted by Gasteiger charge is 2.48. The van der Waals surface area contributed by atoms with E-state index in [0.717, 1.165) is 6.42 Å². The lowest BCUT2D eigenvalue weighted by molar-refractivity contribution is -0.132. The zero-order chi connectivity index (χ0) is 22.8. The van der Waals surface area contributed by atoms with E-state index in [1.54, 1.807) is 36.4 Å². The third-order valence-electron chi connectivity index (χ3n) is 5.03. The number of anilines is 1. The summed E-state index contributed by atoms with van der Waals surface area (Å²) in [4.78, 5) is 28.0. The quantitative estimate of drug-likeness (QED) is 0.282. The van der Waals surface area contributed by atoms with E-state index < -0.39 is 17.7 Å². The highest BCUT2D eigenvalue weighted by atomic mass is 35.5. The number of phenols is 1. The Bertz CT molecular complexity index is 1200. The van der Waals surface area contributed by atoms with Gasteiger partial charge in [0.2, 0.25) is 0 Å². The van der Waals surface area contributed by atoms with Crippen LogP contribution >= 0.6 is 22.9 Å². The summed E-state index contributed by atoms with van der Waals surface area (Å²) in [5.74, 6) is -1.67. The molecule has 0 radical (unpaired) electrons. The molecule has 0 saturated carbocycles. The smallest absolute Gasteiger partial charge is 0.300 e. The number of Topliss-reactive ketones (excluding diaryl/α,β-unsaturated/α-hetero) is 1. The van der Waals surface area contributed by atoms with Crippen LogP contribution < -0.4 is 9.64 Å². The van der Waals surface area contributed by atoms with Crippen molar-refractivity contribution in [3.05, 3.63) is 81.0 Å². The molecule has 1 aliphatic rings. The predicted molar refractivity (Wildman–Crippen MR) is 124 cm³/mol. The lowest BCUT2D eigenvalue weighted by atomic mass is 9.99. The molecule has 32 heavy (non-hydrogen) atoms. The number of carbonyl (C=O) groups is 2. The number of thiophene rings is 1. The number of aliphatic hydroxyl groups excluding tert-OH is 1. The van der Waals surface area contributed by atoms with Crippen LogP contribution in [0.1, 0.15) is 29.8 Å². The van der Waals surface area contributed by atoms with Crippen molar-refractivity contribution < 1.29 is 24.5 Å². The number of carbonyl (C=O) groups excluding carboxylic acids is 2. The lowest BCUT2D eigenvalue weighted by Crippen LogP contribution is -2.29. The van der Waals surface area contributed by atoms with Crippen LogP contribution in [0, 0.1) is 0 Å². The minimum atomic E-state index is -0.917. The molecule has 0 bridgehead atoms. The molecule has 4 rings (SSSR count). The molecule has 1 atom stereocenters. The van der Waals surface area contributed by atoms with Gasteiger partial charge in [0, 0.05) is 15.5 Å². The molecule has 1 fully saturated rings. The van der Waals surface area contributed by atoms with E-state index in [2.05, 4.69) is 0 Å². The third kappa shape index (κ3) is 3.97. The van der Waals surface area contributed by atoms with Crippen molar-refractivity contribution in [2.45, 2.75) is 19.4 Å². The van der Waals surface area contributed by atoms with Crippen molar-refractivity contribution >= 4 is 46.1 Å². The number of hydrogen-bond acceptors (Lipinski definition) is 6. The Morgan fingerprint density at radius 1 is 1.16 bits per heavy atom. The molecule has 6 nitrogen and oxygen atoms in total. The van der Waals surface area contributed by atoms with E-state index in [4.69, 9.17) is 16.3 Å². The maximum Gasteiger partial charge on any atom is 0.300 e. The van der Waals surface area contributed by atoms with Crippen LogP contribution in [0.25, 0.3) is 5.76 Å². The largest absolute Gasteiger partial charge is 0.507 e. The minimum absolute atomic E-state index is 0.0653. The van der Waals surface area contributed by atoms with Crippen molar-refractivity contribution in [2.75, 3.05) is 11.5 Å². The first-order valence-corrected chi connectivity index (χ1v) is 11.2. The minimum Gasteiger partial charge on any atom is -0.507 e. The Labute approximate surface area is 193 Å². The fourth-order valence-electron chi connectivity index (χ4n) is 3.60. The van der Waals surface area contributed by atoms with Crippen molar-refractivity contribution in [1.29, 1.82) is 0 Å². The van der Waals surface area contributed by atoms with E-state index >= 15 is 0 Å². The van der Waals surface area contributed by atoms with Crippen LogP contribution in [-0.4, -0.2) is 28.5 Å². The number of ether oxygens (including phenoxy) is 1. The van der Waals surface area contributed by atoms with Gasteiger partial charge in [-0.2, -0.15) is 0 Å². The molecule has 1 aromatic heterocycles. The highest BCUT2D eigenvalue weighted by molar-refractivity contribution is 7.10. The van der Waals surface area contributed by atoms with E-state index in [0.29, 0.717) is 27.8 Å². The van der Waals surface area contributed by atoms with Crippen LogP contribution in [-0.2, 0) is 9.59 Å². The number of phenolic OH excluding ortho intramolecular Hbond substituents is 1. The van der Waals surface area contributed by atoms with Gasteiger partial charge in [-0.3, -0.25) is 14.5 Å². The number of aromatic hydroxyl groups is 1. The Hall–Kier alpha value is -3.29. The topological polar surface area (TPSA) is 87.1 Å². The summed E-state index contributed by atoms with van der Waals surface area (Å²) in [6, 6.07) is 13.6. The van der Waals surface area contributed by atoms with Gasteiger partial charge in [-0.15, -0.1) is 11.3 Å². The van der Waals surface area contributed by atoms with Crippen LogP contribution in [0.5, 0.6) is 11.5 Å². The van der Waals surface area contributed by atoms with Crippen LogP contribution in [0.2, 0.25) is 5.02 Å². The molecule has 164 valence electrons. The molecule has 3 aromatic rings. The SMILES string of the molecule is CCCOc1cccc(/C(O)=C2/C(=O)C(=O)N(c3cc(Cl)ccc3O)C2c2cccs2)c1. The summed E-state index contributed by atoms with van der Waals surface area (Å²) in [7, 11) is 0. The van der Waals surface area contributed by atoms with Gasteiger partial charge in [0.05, 0.1) is 17.9 Å². The predicted octanol–water partition coefficient (Wildman–Crippen LogP) is 5.52. The van der Waals surface area contributed by atoms with E-state index in [1.807, 2.05) is 12.3 Å². The highest BCUT2D eigenvalue weighted by Crippen LogP contribution is 2.46. The number of amides is 1. The normalized spacial score (nSPS) is 17.7. The number of nitrogens with zero attached hydrogens (tertiary/aromatic N) is 1. The molecule has 2 heterocycles. The summed E-state index contributed by atoms with van der Waals surface area (Å²) in [6.07, 6.45) is 0.822. The van der Waals surface area contributed by atoms with Crippen LogP contribution in [0.15, 0.2) is 65.6 Å². The van der Waals surface area contributed by atoms with Gasteiger partial charge in [-0.1, -0.05) is 36.7 Å². The number of benzene rings is 2. The molecule has 0 spiro atoms. The van der Waals surface area contributed by atoms with E-state index in [-0.39, 0.29) is 22.8 Å². The Morgan fingerprint density at radius 3 is 2.69 bits per heavy atom. The summed E-state index contributed by atoms with van der Waals surface area (Å²) < 4.78 is 5.63. The number of aliphatic hydroxyl groups is 1. The van der Waals surface area contributed by atoms with Gasteiger partial charge < -0.3 is 14.9 Å². The van der Waals surface area contributed by atoms with Crippen LogP contribution in [0.4, 0.5) is 5.69 Å². The van der Waals surface area contributed by atoms with Gasteiger partial charge in [0.1, 0.15) is 23.3 Å². The average Bonchev–Trinajstić information content (AvgIpc) is 3.41. The van der Waals surface area contributed by atoms with Crippen molar-refractivity contribution in [2.24, 2.45) is 0 Å². The summed E-state index contributed by atoms with van der Waals surface area (Å²) in [5.41, 5.74) is 0.384. The fraction of sp³-hybridized carbons (Fsp3) is 0.167. The molecule has 2 aromatic carbocycles. The molecule has 0 aliphatic carbocycles. The van der Waals surface area contributed by atoms with Crippen LogP contribution in [0.3, 0.4) is 0 Å².